The Morgan fingerprint density at radius 1 is 0.308 bits per heavy atom. The molecule has 0 radical (unpaired) electrons. The molecule has 3 heteroatoms. The number of anilines is 3. The minimum Gasteiger partial charge on any atom is -0.310 e. The predicted molar refractivity (Wildman–Crippen MR) is 280 cm³/mol. The topological polar surface area (TPSA) is 8.17 Å². The highest BCUT2D eigenvalue weighted by atomic mass is 32.1. The van der Waals surface area contributed by atoms with Crippen molar-refractivity contribution in [2.45, 2.75) is 0 Å². The van der Waals surface area contributed by atoms with Gasteiger partial charge in [0.15, 0.2) is 0 Å². The summed E-state index contributed by atoms with van der Waals surface area (Å²) in [6, 6.07) is 89.0. The molecule has 0 saturated carbocycles. The highest BCUT2D eigenvalue weighted by molar-refractivity contribution is 7.25. The van der Waals surface area contributed by atoms with Gasteiger partial charge in [-0.2, -0.15) is 0 Å². The van der Waals surface area contributed by atoms with Crippen LogP contribution >= 0.6 is 11.3 Å². The van der Waals surface area contributed by atoms with Crippen LogP contribution in [-0.4, -0.2) is 4.57 Å². The average molecular weight is 845 g/mol. The summed E-state index contributed by atoms with van der Waals surface area (Å²) in [4.78, 5) is 2.41. The van der Waals surface area contributed by atoms with Crippen molar-refractivity contribution in [1.29, 1.82) is 0 Å². The molecule has 0 N–H and O–H groups in total. The Morgan fingerprint density at radius 2 is 0.846 bits per heavy atom. The molecule has 0 amide bonds. The second-order valence-corrected chi connectivity index (χ2v) is 18.0. The standard InChI is InChI=1S/C62H40N2S/c1-2-13-41(14-3-1)52-22-11-15-43-16-12-23-53(62(43)52)42-29-32-48(33-30-42)63(51-35-36-57-56-21-6-9-26-60(56)65-61(57)40-51)50-34-31-46-37-45(27-28-47(46)39-50)44-17-10-18-49(38-44)64-58-24-7-4-19-54(58)55-20-5-8-25-59(55)64/h1-40H. The third kappa shape index (κ3) is 6.31. The maximum absolute atomic E-state index is 2.41. The zero-order valence-electron chi connectivity index (χ0n) is 35.4. The first-order valence-corrected chi connectivity index (χ1v) is 23.1. The number of nitrogens with zero attached hydrogens (tertiary/aromatic N) is 2. The van der Waals surface area contributed by atoms with E-state index in [1.54, 1.807) is 0 Å². The van der Waals surface area contributed by atoms with Gasteiger partial charge >= 0.3 is 0 Å². The summed E-state index contributed by atoms with van der Waals surface area (Å²) in [5.74, 6) is 0. The van der Waals surface area contributed by atoms with E-state index in [1.807, 2.05) is 11.3 Å². The maximum Gasteiger partial charge on any atom is 0.0541 e. The molecule has 65 heavy (non-hydrogen) atoms. The number of thiophene rings is 1. The number of rotatable bonds is 7. The molecule has 13 aromatic rings. The highest BCUT2D eigenvalue weighted by Gasteiger charge is 2.18. The summed E-state index contributed by atoms with van der Waals surface area (Å²) in [6.07, 6.45) is 0. The van der Waals surface area contributed by atoms with Gasteiger partial charge in [0.25, 0.3) is 0 Å². The van der Waals surface area contributed by atoms with E-state index < -0.39 is 0 Å². The fourth-order valence-electron chi connectivity index (χ4n) is 10.1. The Balaban J connectivity index is 0.906. The minimum atomic E-state index is 1.11. The SMILES string of the molecule is c1ccc(-c2cccc3cccc(-c4ccc(N(c5ccc6cc(-c7cccc(-n8c9ccccc9c9ccccc98)c7)ccc6c5)c5ccc6c(c5)sc5ccccc56)cc4)c23)cc1. The van der Waals surface area contributed by atoms with Crippen molar-refractivity contribution in [3.05, 3.63) is 243 Å². The molecule has 0 aliphatic rings. The highest BCUT2D eigenvalue weighted by Crippen LogP contribution is 2.43. The van der Waals surface area contributed by atoms with Crippen LogP contribution in [0.3, 0.4) is 0 Å². The van der Waals surface area contributed by atoms with Gasteiger partial charge in [-0.3, -0.25) is 0 Å². The Labute approximate surface area is 381 Å². The molecule has 2 heterocycles. The lowest BCUT2D eigenvalue weighted by Gasteiger charge is -2.26. The number of hydrogen-bond donors (Lipinski definition) is 0. The zero-order chi connectivity index (χ0) is 42.8. The lowest BCUT2D eigenvalue weighted by molar-refractivity contribution is 1.18. The van der Waals surface area contributed by atoms with Crippen molar-refractivity contribution in [3.63, 3.8) is 0 Å². The lowest BCUT2D eigenvalue weighted by atomic mass is 9.91. The number of benzene rings is 11. The van der Waals surface area contributed by atoms with Crippen LogP contribution in [0.1, 0.15) is 0 Å². The van der Waals surface area contributed by atoms with Gasteiger partial charge in [-0.25, -0.2) is 0 Å². The molecule has 11 aromatic carbocycles. The van der Waals surface area contributed by atoms with Crippen LogP contribution in [0.15, 0.2) is 243 Å². The molecule has 2 aromatic heterocycles. The molecule has 0 bridgehead atoms. The summed E-state index contributed by atoms with van der Waals surface area (Å²) in [5, 5.41) is 10.0. The van der Waals surface area contributed by atoms with E-state index in [0.29, 0.717) is 0 Å². The van der Waals surface area contributed by atoms with Gasteiger partial charge < -0.3 is 9.47 Å². The van der Waals surface area contributed by atoms with Gasteiger partial charge in [0.05, 0.1) is 11.0 Å². The second kappa shape index (κ2) is 15.2. The van der Waals surface area contributed by atoms with E-state index in [0.717, 1.165) is 22.7 Å². The first kappa shape index (κ1) is 37.3. The lowest BCUT2D eigenvalue weighted by Crippen LogP contribution is -2.09. The van der Waals surface area contributed by atoms with Crippen LogP contribution in [0, 0.1) is 0 Å². The number of fused-ring (bicyclic) bond motifs is 8. The monoisotopic (exact) mass is 844 g/mol. The zero-order valence-corrected chi connectivity index (χ0v) is 36.2. The van der Waals surface area contributed by atoms with E-state index in [2.05, 4.69) is 252 Å². The van der Waals surface area contributed by atoms with E-state index in [-0.39, 0.29) is 0 Å². The van der Waals surface area contributed by atoms with Crippen molar-refractivity contribution >= 4 is 91.9 Å². The second-order valence-electron chi connectivity index (χ2n) is 16.9. The smallest absolute Gasteiger partial charge is 0.0541 e. The van der Waals surface area contributed by atoms with Crippen LogP contribution in [0.4, 0.5) is 17.1 Å². The minimum absolute atomic E-state index is 1.11. The van der Waals surface area contributed by atoms with E-state index in [4.69, 9.17) is 0 Å². The van der Waals surface area contributed by atoms with Crippen LogP contribution < -0.4 is 4.90 Å². The van der Waals surface area contributed by atoms with Crippen molar-refractivity contribution in [1.82, 2.24) is 4.57 Å². The summed E-state index contributed by atoms with van der Waals surface area (Å²) in [6.45, 7) is 0. The first-order valence-electron chi connectivity index (χ1n) is 22.2. The number of aromatic nitrogens is 1. The molecule has 2 nitrogen and oxygen atoms in total. The average Bonchev–Trinajstić information content (AvgIpc) is 3.92. The Morgan fingerprint density at radius 3 is 1.62 bits per heavy atom. The molecule has 0 saturated heterocycles. The molecule has 0 unspecified atom stereocenters. The Bertz CT molecular complexity index is 3890. The molecule has 304 valence electrons. The third-order valence-corrected chi connectivity index (χ3v) is 14.3. The summed E-state index contributed by atoms with van der Waals surface area (Å²) in [5.41, 5.74) is 14.2. The van der Waals surface area contributed by atoms with Gasteiger partial charge in [0.2, 0.25) is 0 Å². The summed E-state index contributed by atoms with van der Waals surface area (Å²) >= 11 is 1.86. The summed E-state index contributed by atoms with van der Waals surface area (Å²) < 4.78 is 4.98. The van der Waals surface area contributed by atoms with Gasteiger partial charge in [-0.1, -0.05) is 170 Å². The van der Waals surface area contributed by atoms with Crippen LogP contribution in [0.5, 0.6) is 0 Å². The molecule has 0 aliphatic heterocycles. The summed E-state index contributed by atoms with van der Waals surface area (Å²) in [7, 11) is 0. The fourth-order valence-corrected chi connectivity index (χ4v) is 11.2. The quantitative estimate of drug-likeness (QED) is 0.155. The van der Waals surface area contributed by atoms with Gasteiger partial charge in [-0.05, 0) is 128 Å². The van der Waals surface area contributed by atoms with Crippen LogP contribution in [0.2, 0.25) is 0 Å². The van der Waals surface area contributed by atoms with E-state index in [1.165, 1.54) is 96.9 Å². The molecule has 0 spiro atoms. The largest absolute Gasteiger partial charge is 0.310 e. The van der Waals surface area contributed by atoms with Crippen LogP contribution in [-0.2, 0) is 0 Å². The number of hydrogen-bond acceptors (Lipinski definition) is 2. The van der Waals surface area contributed by atoms with Crippen molar-refractivity contribution in [2.24, 2.45) is 0 Å². The Kier molecular flexibility index (Phi) is 8.75. The van der Waals surface area contributed by atoms with Gasteiger partial charge in [0, 0.05) is 53.7 Å². The predicted octanol–water partition coefficient (Wildman–Crippen LogP) is 17.9. The molecular formula is C62H40N2S. The first-order chi connectivity index (χ1) is 32.2. The molecule has 0 fully saturated rings. The fraction of sp³-hybridized carbons (Fsp3) is 0. The number of para-hydroxylation sites is 2. The molecule has 0 atom stereocenters. The third-order valence-electron chi connectivity index (χ3n) is 13.1. The molecular weight excluding hydrogens is 805 g/mol. The molecule has 13 rings (SSSR count). The van der Waals surface area contributed by atoms with Crippen LogP contribution in [0.25, 0.3) is 103 Å². The van der Waals surface area contributed by atoms with Crippen molar-refractivity contribution in [2.75, 3.05) is 4.90 Å². The van der Waals surface area contributed by atoms with E-state index in [9.17, 15) is 0 Å². The van der Waals surface area contributed by atoms with Gasteiger partial charge in [-0.15, -0.1) is 11.3 Å². The van der Waals surface area contributed by atoms with Gasteiger partial charge in [0.1, 0.15) is 0 Å². The Hall–Kier alpha value is -8.24. The molecule has 0 aliphatic carbocycles. The van der Waals surface area contributed by atoms with Crippen molar-refractivity contribution < 1.29 is 0 Å². The van der Waals surface area contributed by atoms with E-state index >= 15 is 0 Å². The normalized spacial score (nSPS) is 11.7. The maximum atomic E-state index is 2.41. The van der Waals surface area contributed by atoms with Crippen molar-refractivity contribution in [3.8, 4) is 39.1 Å².